The Hall–Kier alpha value is -1.79. The van der Waals surface area contributed by atoms with Crippen LogP contribution in [0.4, 0.5) is 4.79 Å². The van der Waals surface area contributed by atoms with Gasteiger partial charge in [0.2, 0.25) is 11.8 Å². The molecule has 7 heteroatoms. The molecular formula is C14H23N3O4. The molecule has 21 heavy (non-hydrogen) atoms. The lowest BCUT2D eigenvalue weighted by Crippen LogP contribution is -2.52. The molecule has 0 aromatic heterocycles. The highest BCUT2D eigenvalue weighted by Crippen LogP contribution is 2.19. The summed E-state index contributed by atoms with van der Waals surface area (Å²) in [6.45, 7) is 5.75. The third-order valence-electron chi connectivity index (χ3n) is 3.80. The molecular weight excluding hydrogens is 274 g/mol. The molecule has 0 aliphatic carbocycles. The van der Waals surface area contributed by atoms with Gasteiger partial charge in [-0.1, -0.05) is 13.8 Å². The van der Waals surface area contributed by atoms with Crippen LogP contribution in [0.5, 0.6) is 0 Å². The van der Waals surface area contributed by atoms with Gasteiger partial charge in [-0.05, 0) is 18.8 Å². The van der Waals surface area contributed by atoms with Crippen LogP contribution in [0.15, 0.2) is 4.99 Å². The molecule has 1 N–H and O–H groups in total. The smallest absolute Gasteiger partial charge is 0.410 e. The molecule has 0 saturated carbocycles. The maximum absolute atomic E-state index is 12.5. The van der Waals surface area contributed by atoms with Crippen molar-refractivity contribution in [3.8, 4) is 0 Å². The molecule has 0 aromatic rings. The monoisotopic (exact) mass is 297 g/mol. The largest absolute Gasteiger partial charge is 0.478 e. The topological polar surface area (TPSA) is 80.2 Å². The van der Waals surface area contributed by atoms with Gasteiger partial charge in [0, 0.05) is 6.54 Å². The van der Waals surface area contributed by atoms with Gasteiger partial charge in [-0.15, -0.1) is 0 Å². The van der Waals surface area contributed by atoms with E-state index >= 15 is 0 Å². The summed E-state index contributed by atoms with van der Waals surface area (Å²) < 4.78 is 10.2. The number of hydrogen-bond donors (Lipinski definition) is 1. The highest BCUT2D eigenvalue weighted by molar-refractivity contribution is 5.92. The maximum Gasteiger partial charge on any atom is 0.410 e. The predicted octanol–water partition coefficient (Wildman–Crippen LogP) is 0.787. The van der Waals surface area contributed by atoms with Crippen LogP contribution in [0, 0.1) is 5.92 Å². The number of likely N-dealkylation sites (tertiary alicyclic amines) is 1. The Morgan fingerprint density at radius 1 is 1.48 bits per heavy atom. The summed E-state index contributed by atoms with van der Waals surface area (Å²) in [5.41, 5.74) is 0. The number of nitrogens with zero attached hydrogens (tertiary/aromatic N) is 2. The van der Waals surface area contributed by atoms with Crippen LogP contribution in [-0.2, 0) is 14.3 Å². The number of hydrogen-bond acceptors (Lipinski definition) is 5. The number of methoxy groups -OCH3 is 1. The third kappa shape index (κ3) is 3.46. The lowest BCUT2D eigenvalue weighted by atomic mass is 10.0. The van der Waals surface area contributed by atoms with Crippen molar-refractivity contribution in [2.75, 3.05) is 26.8 Å². The van der Waals surface area contributed by atoms with E-state index < -0.39 is 12.1 Å². The Bertz CT molecular complexity index is 436. The lowest BCUT2D eigenvalue weighted by Gasteiger charge is -2.27. The van der Waals surface area contributed by atoms with E-state index in [1.165, 1.54) is 12.0 Å². The van der Waals surface area contributed by atoms with Gasteiger partial charge in [0.15, 0.2) is 0 Å². The van der Waals surface area contributed by atoms with Crippen molar-refractivity contribution in [3.05, 3.63) is 0 Å². The fraction of sp³-hybridized carbons (Fsp3) is 0.786. The Labute approximate surface area is 124 Å². The van der Waals surface area contributed by atoms with Crippen molar-refractivity contribution in [3.63, 3.8) is 0 Å². The van der Waals surface area contributed by atoms with Gasteiger partial charge in [0.05, 0.1) is 13.7 Å². The number of ether oxygens (including phenoxy) is 2. The van der Waals surface area contributed by atoms with Gasteiger partial charge in [-0.3, -0.25) is 14.7 Å². The zero-order valence-corrected chi connectivity index (χ0v) is 12.8. The number of carbonyl (C=O) groups excluding carboxylic acids is 2. The first-order chi connectivity index (χ1) is 10.0. The highest BCUT2D eigenvalue weighted by atomic mass is 16.5. The van der Waals surface area contributed by atoms with Gasteiger partial charge in [0.1, 0.15) is 18.7 Å². The minimum absolute atomic E-state index is 0.166. The standard InChI is InChI=1S/C14H23N3O4/c1-9(2)11(13-15-6-8-21-13)16-12(18)10-5-4-7-17(10)14(19)20-3/h9-11H,4-8H2,1-3H3,(H,16,18)/t10-,11+/m0/s1. The van der Waals surface area contributed by atoms with Crippen molar-refractivity contribution in [1.29, 1.82) is 0 Å². The van der Waals surface area contributed by atoms with Crippen LogP contribution in [0.1, 0.15) is 26.7 Å². The molecule has 0 spiro atoms. The molecule has 0 bridgehead atoms. The Morgan fingerprint density at radius 3 is 2.81 bits per heavy atom. The summed E-state index contributed by atoms with van der Waals surface area (Å²) in [7, 11) is 1.33. The van der Waals surface area contributed by atoms with Crippen molar-refractivity contribution in [2.24, 2.45) is 10.9 Å². The molecule has 0 unspecified atom stereocenters. The van der Waals surface area contributed by atoms with Crippen molar-refractivity contribution in [2.45, 2.75) is 38.8 Å². The first kappa shape index (κ1) is 15.6. The fourth-order valence-electron chi connectivity index (χ4n) is 2.68. The number of nitrogens with one attached hydrogen (secondary N) is 1. The van der Waals surface area contributed by atoms with Gasteiger partial charge in [-0.2, -0.15) is 0 Å². The Morgan fingerprint density at radius 2 is 2.24 bits per heavy atom. The molecule has 118 valence electrons. The van der Waals surface area contributed by atoms with E-state index in [1.54, 1.807) is 0 Å². The predicted molar refractivity (Wildman–Crippen MR) is 77.2 cm³/mol. The van der Waals surface area contributed by atoms with Gasteiger partial charge in [0.25, 0.3) is 0 Å². The van der Waals surface area contributed by atoms with E-state index in [9.17, 15) is 9.59 Å². The van der Waals surface area contributed by atoms with E-state index in [4.69, 9.17) is 9.47 Å². The highest BCUT2D eigenvalue weighted by Gasteiger charge is 2.37. The normalized spacial score (nSPS) is 22.8. The molecule has 1 saturated heterocycles. The molecule has 7 nitrogen and oxygen atoms in total. The summed E-state index contributed by atoms with van der Waals surface area (Å²) in [5.74, 6) is 0.578. The summed E-state index contributed by atoms with van der Waals surface area (Å²) in [5, 5.41) is 2.97. The zero-order valence-electron chi connectivity index (χ0n) is 12.8. The minimum atomic E-state index is -0.472. The SMILES string of the molecule is COC(=O)N1CCC[C@H]1C(=O)N[C@@H](C1=NCCO1)C(C)C. The van der Waals surface area contributed by atoms with Crippen LogP contribution >= 0.6 is 0 Å². The molecule has 2 aliphatic rings. The summed E-state index contributed by atoms with van der Waals surface area (Å²) >= 11 is 0. The van der Waals surface area contributed by atoms with E-state index in [2.05, 4.69) is 10.3 Å². The van der Waals surface area contributed by atoms with Crippen LogP contribution in [0.25, 0.3) is 0 Å². The second kappa shape index (κ2) is 6.78. The van der Waals surface area contributed by atoms with Crippen LogP contribution in [0.2, 0.25) is 0 Å². The number of amides is 2. The molecule has 0 aromatic carbocycles. The van der Waals surface area contributed by atoms with E-state index in [1.807, 2.05) is 13.8 Å². The van der Waals surface area contributed by atoms with Crippen LogP contribution < -0.4 is 5.32 Å². The fourth-order valence-corrected chi connectivity index (χ4v) is 2.68. The number of rotatable bonds is 4. The van der Waals surface area contributed by atoms with Gasteiger partial charge >= 0.3 is 6.09 Å². The van der Waals surface area contributed by atoms with Crippen LogP contribution in [-0.4, -0.2) is 61.7 Å². The summed E-state index contributed by atoms with van der Waals surface area (Å²) in [6, 6.07) is -0.721. The van der Waals surface area contributed by atoms with E-state index in [0.29, 0.717) is 32.0 Å². The molecule has 2 atom stereocenters. The van der Waals surface area contributed by atoms with E-state index in [0.717, 1.165) is 6.42 Å². The average molecular weight is 297 g/mol. The maximum atomic E-state index is 12.5. The number of carbonyl (C=O) groups is 2. The first-order valence-corrected chi connectivity index (χ1v) is 7.36. The minimum Gasteiger partial charge on any atom is -0.478 e. The molecule has 2 heterocycles. The number of aliphatic imine (C=N–C) groups is 1. The molecule has 2 aliphatic heterocycles. The zero-order chi connectivity index (χ0) is 15.4. The van der Waals surface area contributed by atoms with E-state index in [-0.39, 0.29) is 17.9 Å². The lowest BCUT2D eigenvalue weighted by molar-refractivity contribution is -0.125. The third-order valence-corrected chi connectivity index (χ3v) is 3.80. The second-order valence-corrected chi connectivity index (χ2v) is 5.62. The molecule has 1 fully saturated rings. The quantitative estimate of drug-likeness (QED) is 0.832. The average Bonchev–Trinajstić information content (AvgIpc) is 3.13. The van der Waals surface area contributed by atoms with Gasteiger partial charge in [-0.25, -0.2) is 4.79 Å². The van der Waals surface area contributed by atoms with Crippen LogP contribution in [0.3, 0.4) is 0 Å². The van der Waals surface area contributed by atoms with Gasteiger partial charge < -0.3 is 14.8 Å². The first-order valence-electron chi connectivity index (χ1n) is 7.36. The molecule has 2 amide bonds. The second-order valence-electron chi connectivity index (χ2n) is 5.62. The van der Waals surface area contributed by atoms with Crippen molar-refractivity contribution < 1.29 is 19.1 Å². The Kier molecular flexibility index (Phi) is 5.03. The molecule has 0 radical (unpaired) electrons. The summed E-state index contributed by atoms with van der Waals surface area (Å²) in [6.07, 6.45) is 0.999. The molecule has 2 rings (SSSR count). The van der Waals surface area contributed by atoms with Crippen molar-refractivity contribution >= 4 is 17.9 Å². The Balaban J connectivity index is 2.03. The van der Waals surface area contributed by atoms with Crippen molar-refractivity contribution in [1.82, 2.24) is 10.2 Å². The summed E-state index contributed by atoms with van der Waals surface area (Å²) in [4.78, 5) is 29.9.